The Bertz CT molecular complexity index is 497. The van der Waals surface area contributed by atoms with Crippen LogP contribution in [0.1, 0.15) is 33.8 Å². The standard InChI is InChI=1S/C15H20N2O2S/c16-8-1-3-13-6-7-14(20-13)15(18)17-9-2-10-19-11-12-4-5-12/h6-7,12H,2,4-5,8-11,16H2,(H,17,18). The van der Waals surface area contributed by atoms with Crippen molar-refractivity contribution in [3.05, 3.63) is 21.9 Å². The third kappa shape index (κ3) is 5.33. The van der Waals surface area contributed by atoms with Gasteiger partial charge < -0.3 is 15.8 Å². The molecule has 1 heterocycles. The monoisotopic (exact) mass is 292 g/mol. The van der Waals surface area contributed by atoms with Crippen molar-refractivity contribution in [2.75, 3.05) is 26.3 Å². The van der Waals surface area contributed by atoms with Gasteiger partial charge in [-0.1, -0.05) is 11.8 Å². The molecule has 2 rings (SSSR count). The molecule has 3 N–H and O–H groups in total. The van der Waals surface area contributed by atoms with Crippen molar-refractivity contribution in [2.45, 2.75) is 19.3 Å². The van der Waals surface area contributed by atoms with Gasteiger partial charge in [0.05, 0.1) is 16.3 Å². The summed E-state index contributed by atoms with van der Waals surface area (Å²) in [4.78, 5) is 13.4. The van der Waals surface area contributed by atoms with Crippen molar-refractivity contribution >= 4 is 17.2 Å². The number of ether oxygens (including phenoxy) is 1. The number of carbonyl (C=O) groups is 1. The molecule has 1 aromatic rings. The maximum Gasteiger partial charge on any atom is 0.261 e. The first kappa shape index (κ1) is 15.0. The van der Waals surface area contributed by atoms with Gasteiger partial charge in [-0.15, -0.1) is 11.3 Å². The van der Waals surface area contributed by atoms with Crippen molar-refractivity contribution in [3.8, 4) is 11.8 Å². The molecule has 108 valence electrons. The van der Waals surface area contributed by atoms with Crippen LogP contribution in [-0.2, 0) is 4.74 Å². The predicted molar refractivity (Wildman–Crippen MR) is 80.7 cm³/mol. The Balaban J connectivity index is 1.62. The van der Waals surface area contributed by atoms with E-state index < -0.39 is 0 Å². The highest BCUT2D eigenvalue weighted by Crippen LogP contribution is 2.28. The Morgan fingerprint density at radius 3 is 3.10 bits per heavy atom. The van der Waals surface area contributed by atoms with Crippen LogP contribution >= 0.6 is 11.3 Å². The number of hydrogen-bond acceptors (Lipinski definition) is 4. The van der Waals surface area contributed by atoms with E-state index >= 15 is 0 Å². The molecule has 0 unspecified atom stereocenters. The van der Waals surface area contributed by atoms with Gasteiger partial charge in [-0.3, -0.25) is 4.79 Å². The summed E-state index contributed by atoms with van der Waals surface area (Å²) >= 11 is 1.39. The molecule has 5 heteroatoms. The summed E-state index contributed by atoms with van der Waals surface area (Å²) in [5, 5.41) is 2.89. The van der Waals surface area contributed by atoms with E-state index in [2.05, 4.69) is 17.2 Å². The summed E-state index contributed by atoms with van der Waals surface area (Å²) in [5.74, 6) is 6.45. The molecule has 1 aromatic heterocycles. The highest BCUT2D eigenvalue weighted by molar-refractivity contribution is 7.14. The van der Waals surface area contributed by atoms with E-state index in [1.165, 1.54) is 24.2 Å². The fourth-order valence-electron chi connectivity index (χ4n) is 1.66. The Labute approximate surface area is 123 Å². The number of thiophene rings is 1. The first-order valence-electron chi connectivity index (χ1n) is 6.94. The van der Waals surface area contributed by atoms with Gasteiger partial charge in [-0.2, -0.15) is 0 Å². The van der Waals surface area contributed by atoms with E-state index in [0.29, 0.717) is 24.6 Å². The van der Waals surface area contributed by atoms with Crippen LogP contribution in [0.5, 0.6) is 0 Å². The van der Waals surface area contributed by atoms with E-state index in [1.54, 1.807) is 6.07 Å². The maximum absolute atomic E-state index is 11.9. The minimum atomic E-state index is -0.0435. The molecular formula is C15H20N2O2S. The molecule has 1 amide bonds. The van der Waals surface area contributed by atoms with Gasteiger partial charge in [0.1, 0.15) is 0 Å². The smallest absolute Gasteiger partial charge is 0.261 e. The fraction of sp³-hybridized carbons (Fsp3) is 0.533. The molecule has 1 aliphatic carbocycles. The van der Waals surface area contributed by atoms with Crippen molar-refractivity contribution in [1.29, 1.82) is 0 Å². The first-order chi connectivity index (χ1) is 9.79. The zero-order valence-electron chi connectivity index (χ0n) is 11.5. The second kappa shape index (κ2) is 8.05. The number of nitrogens with one attached hydrogen (secondary N) is 1. The largest absolute Gasteiger partial charge is 0.381 e. The fourth-order valence-corrected chi connectivity index (χ4v) is 2.46. The molecule has 4 nitrogen and oxygen atoms in total. The third-order valence-corrected chi connectivity index (χ3v) is 3.94. The number of carbonyl (C=O) groups excluding carboxylic acids is 1. The van der Waals surface area contributed by atoms with Crippen LogP contribution in [0, 0.1) is 17.8 Å². The zero-order chi connectivity index (χ0) is 14.2. The van der Waals surface area contributed by atoms with Gasteiger partial charge in [0.25, 0.3) is 5.91 Å². The normalized spacial score (nSPS) is 13.7. The van der Waals surface area contributed by atoms with Crippen LogP contribution in [0.2, 0.25) is 0 Å². The van der Waals surface area contributed by atoms with Gasteiger partial charge in [0, 0.05) is 19.8 Å². The van der Waals surface area contributed by atoms with Crippen LogP contribution in [0.3, 0.4) is 0 Å². The number of nitrogens with two attached hydrogens (primary N) is 1. The Hall–Kier alpha value is -1.35. The molecular weight excluding hydrogens is 272 g/mol. The van der Waals surface area contributed by atoms with Crippen molar-refractivity contribution in [1.82, 2.24) is 5.32 Å². The molecule has 1 fully saturated rings. The lowest BCUT2D eigenvalue weighted by molar-refractivity contribution is 0.0941. The lowest BCUT2D eigenvalue weighted by atomic mass is 10.4. The predicted octanol–water partition coefficient (Wildman–Crippen LogP) is 1.60. The van der Waals surface area contributed by atoms with E-state index in [-0.39, 0.29) is 5.91 Å². The summed E-state index contributed by atoms with van der Waals surface area (Å²) in [5.41, 5.74) is 5.31. The van der Waals surface area contributed by atoms with Crippen LogP contribution in [0.15, 0.2) is 12.1 Å². The van der Waals surface area contributed by atoms with Crippen molar-refractivity contribution in [2.24, 2.45) is 11.7 Å². The zero-order valence-corrected chi connectivity index (χ0v) is 12.3. The molecule has 0 aromatic carbocycles. The van der Waals surface area contributed by atoms with Crippen LogP contribution in [-0.4, -0.2) is 32.2 Å². The van der Waals surface area contributed by atoms with Crippen LogP contribution < -0.4 is 11.1 Å². The summed E-state index contributed by atoms with van der Waals surface area (Å²) in [6, 6.07) is 3.64. The van der Waals surface area contributed by atoms with Gasteiger partial charge in [-0.05, 0) is 37.3 Å². The lowest BCUT2D eigenvalue weighted by Gasteiger charge is -2.04. The average molecular weight is 292 g/mol. The van der Waals surface area contributed by atoms with Crippen LogP contribution in [0.4, 0.5) is 0 Å². The maximum atomic E-state index is 11.9. The number of amides is 1. The minimum absolute atomic E-state index is 0.0435. The second-order valence-electron chi connectivity index (χ2n) is 4.80. The molecule has 1 aliphatic rings. The Morgan fingerprint density at radius 1 is 1.50 bits per heavy atom. The van der Waals surface area contributed by atoms with E-state index in [9.17, 15) is 4.79 Å². The summed E-state index contributed by atoms with van der Waals surface area (Å²) in [6.07, 6.45) is 3.47. The van der Waals surface area contributed by atoms with Gasteiger partial charge in [0.15, 0.2) is 0 Å². The quantitative estimate of drug-likeness (QED) is 0.593. The highest BCUT2D eigenvalue weighted by Gasteiger charge is 2.20. The topological polar surface area (TPSA) is 64.4 Å². The lowest BCUT2D eigenvalue weighted by Crippen LogP contribution is -2.24. The molecule has 0 spiro atoms. The molecule has 0 saturated heterocycles. The second-order valence-corrected chi connectivity index (χ2v) is 5.88. The van der Waals surface area contributed by atoms with Gasteiger partial charge >= 0.3 is 0 Å². The Kier molecular flexibility index (Phi) is 6.06. The Morgan fingerprint density at radius 2 is 2.35 bits per heavy atom. The molecule has 0 aliphatic heterocycles. The van der Waals surface area contributed by atoms with Crippen LogP contribution in [0.25, 0.3) is 0 Å². The molecule has 20 heavy (non-hydrogen) atoms. The van der Waals surface area contributed by atoms with E-state index in [0.717, 1.165) is 23.8 Å². The summed E-state index contributed by atoms with van der Waals surface area (Å²) in [7, 11) is 0. The average Bonchev–Trinajstić information content (AvgIpc) is 3.16. The highest BCUT2D eigenvalue weighted by atomic mass is 32.1. The molecule has 1 saturated carbocycles. The van der Waals surface area contributed by atoms with Gasteiger partial charge in [0.2, 0.25) is 0 Å². The molecule has 0 bridgehead atoms. The van der Waals surface area contributed by atoms with E-state index in [1.807, 2.05) is 6.07 Å². The summed E-state index contributed by atoms with van der Waals surface area (Å²) in [6.45, 7) is 2.57. The summed E-state index contributed by atoms with van der Waals surface area (Å²) < 4.78 is 5.51. The number of rotatable bonds is 7. The molecule has 0 radical (unpaired) electrons. The minimum Gasteiger partial charge on any atom is -0.381 e. The van der Waals surface area contributed by atoms with Gasteiger partial charge in [-0.25, -0.2) is 0 Å². The SMILES string of the molecule is NCC#Cc1ccc(C(=O)NCCCOCC2CC2)s1. The third-order valence-electron chi connectivity index (χ3n) is 2.94. The first-order valence-corrected chi connectivity index (χ1v) is 7.76. The van der Waals surface area contributed by atoms with Crippen molar-refractivity contribution < 1.29 is 9.53 Å². The molecule has 0 atom stereocenters. The van der Waals surface area contributed by atoms with Crippen molar-refractivity contribution in [3.63, 3.8) is 0 Å². The van der Waals surface area contributed by atoms with E-state index in [4.69, 9.17) is 10.5 Å². The number of hydrogen-bond donors (Lipinski definition) is 2.